The molecule has 0 aliphatic heterocycles. The summed E-state index contributed by atoms with van der Waals surface area (Å²) >= 11 is 0. The zero-order valence-corrected chi connectivity index (χ0v) is 22.1. The quantitative estimate of drug-likeness (QED) is 0.102. The molecule has 4 nitrogen and oxygen atoms in total. The van der Waals surface area contributed by atoms with Gasteiger partial charge in [0.25, 0.3) is 0 Å². The van der Waals surface area contributed by atoms with E-state index in [0.717, 1.165) is 12.8 Å². The van der Waals surface area contributed by atoms with Crippen molar-refractivity contribution in [2.24, 2.45) is 0 Å². The highest BCUT2D eigenvalue weighted by molar-refractivity contribution is 4.87. The molecular weight excluding hydrogens is 410 g/mol. The highest BCUT2D eigenvalue weighted by atomic mass is 16.3. The summed E-state index contributed by atoms with van der Waals surface area (Å²) in [5, 5.41) is 30.1. The summed E-state index contributed by atoms with van der Waals surface area (Å²) in [6.45, 7) is 6.41. The largest absolute Gasteiger partial charge is 0.396 e. The molecule has 0 heterocycles. The number of nitrogens with zero attached hydrogens (tertiary/aromatic N) is 1. The lowest BCUT2D eigenvalue weighted by atomic mass is 10.1. The third-order valence-electron chi connectivity index (χ3n) is 6.17. The monoisotopic (exact) mass is 467 g/mol. The summed E-state index contributed by atoms with van der Waals surface area (Å²) in [5.74, 6) is 0. The van der Waals surface area contributed by atoms with Crippen molar-refractivity contribution < 1.29 is 15.3 Å². The minimum Gasteiger partial charge on any atom is -0.396 e. The van der Waals surface area contributed by atoms with E-state index in [0.29, 0.717) is 38.9 Å². The van der Waals surface area contributed by atoms with Crippen LogP contribution >= 0.6 is 0 Å². The van der Waals surface area contributed by atoms with Crippen LogP contribution in [0.1, 0.15) is 123 Å². The zero-order chi connectivity index (χ0) is 24.4. The Morgan fingerprint density at radius 1 is 0.576 bits per heavy atom. The van der Waals surface area contributed by atoms with E-state index in [1.165, 1.54) is 77.0 Å². The van der Waals surface area contributed by atoms with Gasteiger partial charge < -0.3 is 15.3 Å². The molecule has 196 valence electrons. The van der Waals surface area contributed by atoms with Crippen molar-refractivity contribution in [3.63, 3.8) is 0 Å². The highest BCUT2D eigenvalue weighted by Crippen LogP contribution is 2.10. The summed E-state index contributed by atoms with van der Waals surface area (Å²) in [7, 11) is 0. The molecule has 0 fully saturated rings. The normalized spacial score (nSPS) is 14.1. The smallest absolute Gasteiger partial charge is 0.0701 e. The number of aliphatic hydroxyl groups excluding tert-OH is 3. The molecule has 0 rings (SSSR count). The van der Waals surface area contributed by atoms with E-state index >= 15 is 0 Å². The van der Waals surface area contributed by atoms with Crippen LogP contribution in [0.15, 0.2) is 24.3 Å². The van der Waals surface area contributed by atoms with Crippen molar-refractivity contribution in [1.82, 2.24) is 4.90 Å². The number of unbranched alkanes of at least 4 members (excludes halogenated alkanes) is 12. The Morgan fingerprint density at radius 3 is 1.42 bits per heavy atom. The fraction of sp³-hybridized carbons (Fsp3) is 0.862. The standard InChI is InChI=1S/C29H57NO3/c1-3-5-7-9-11-13-15-17-19-22-28(32)26-30(24-21-25-31)27-29(33)23-20-18-16-14-12-10-8-6-4-2/h17-20,28-29,31-33H,3-16,21-27H2,1-2H3/b19-17-,20-18-. The molecule has 0 aromatic carbocycles. The molecular formula is C29H57NO3. The minimum atomic E-state index is -0.431. The Labute approximate surface area is 206 Å². The second-order valence-electron chi connectivity index (χ2n) is 9.67. The van der Waals surface area contributed by atoms with Crippen molar-refractivity contribution in [2.45, 2.75) is 135 Å². The molecule has 0 saturated heterocycles. The van der Waals surface area contributed by atoms with Gasteiger partial charge in [0, 0.05) is 26.2 Å². The molecule has 0 spiro atoms. The predicted molar refractivity (Wildman–Crippen MR) is 144 cm³/mol. The van der Waals surface area contributed by atoms with Crippen LogP contribution in [0.2, 0.25) is 0 Å². The third kappa shape index (κ3) is 24.3. The molecule has 0 amide bonds. The number of hydrogen-bond acceptors (Lipinski definition) is 4. The second-order valence-corrected chi connectivity index (χ2v) is 9.67. The number of hydrogen-bond donors (Lipinski definition) is 3. The molecule has 33 heavy (non-hydrogen) atoms. The van der Waals surface area contributed by atoms with Crippen LogP contribution in [0, 0.1) is 0 Å². The maximum absolute atomic E-state index is 10.4. The Bertz CT molecular complexity index is 403. The lowest BCUT2D eigenvalue weighted by Gasteiger charge is -2.26. The van der Waals surface area contributed by atoms with Crippen LogP contribution in [0.5, 0.6) is 0 Å². The number of rotatable bonds is 25. The first-order valence-corrected chi connectivity index (χ1v) is 14.1. The van der Waals surface area contributed by atoms with Crippen molar-refractivity contribution in [1.29, 1.82) is 0 Å². The maximum Gasteiger partial charge on any atom is 0.0701 e. The molecule has 0 bridgehead atoms. The first-order chi connectivity index (χ1) is 16.1. The average molecular weight is 468 g/mol. The molecule has 2 unspecified atom stereocenters. The van der Waals surface area contributed by atoms with Crippen molar-refractivity contribution in [2.75, 3.05) is 26.2 Å². The zero-order valence-electron chi connectivity index (χ0n) is 22.1. The Balaban J connectivity index is 4.04. The van der Waals surface area contributed by atoms with Crippen LogP contribution in [0.3, 0.4) is 0 Å². The van der Waals surface area contributed by atoms with E-state index in [-0.39, 0.29) is 6.61 Å². The lowest BCUT2D eigenvalue weighted by Crippen LogP contribution is -2.38. The molecule has 0 aromatic heterocycles. The van der Waals surface area contributed by atoms with Crippen molar-refractivity contribution in [3.05, 3.63) is 24.3 Å². The van der Waals surface area contributed by atoms with E-state index in [2.05, 4.69) is 43.1 Å². The van der Waals surface area contributed by atoms with Gasteiger partial charge in [0.1, 0.15) is 0 Å². The summed E-state index contributed by atoms with van der Waals surface area (Å²) in [4.78, 5) is 2.09. The van der Waals surface area contributed by atoms with Crippen molar-refractivity contribution in [3.8, 4) is 0 Å². The first-order valence-electron chi connectivity index (χ1n) is 14.1. The van der Waals surface area contributed by atoms with E-state index in [9.17, 15) is 15.3 Å². The molecule has 2 atom stereocenters. The van der Waals surface area contributed by atoms with Gasteiger partial charge in [-0.1, -0.05) is 102 Å². The number of aliphatic hydroxyl groups is 3. The van der Waals surface area contributed by atoms with Gasteiger partial charge in [-0.25, -0.2) is 0 Å². The molecule has 3 N–H and O–H groups in total. The Kier molecular flexibility index (Phi) is 25.4. The van der Waals surface area contributed by atoms with Crippen LogP contribution in [-0.2, 0) is 0 Å². The van der Waals surface area contributed by atoms with Gasteiger partial charge >= 0.3 is 0 Å². The van der Waals surface area contributed by atoms with Crippen LogP contribution in [0.4, 0.5) is 0 Å². The van der Waals surface area contributed by atoms with Gasteiger partial charge in [-0.2, -0.15) is 0 Å². The molecule has 0 aliphatic rings. The molecule has 4 heteroatoms. The van der Waals surface area contributed by atoms with Crippen LogP contribution < -0.4 is 0 Å². The first kappa shape index (κ1) is 32.3. The fourth-order valence-corrected chi connectivity index (χ4v) is 4.12. The van der Waals surface area contributed by atoms with Gasteiger partial charge in [-0.15, -0.1) is 0 Å². The van der Waals surface area contributed by atoms with Gasteiger partial charge in [0.05, 0.1) is 12.2 Å². The van der Waals surface area contributed by atoms with Crippen LogP contribution in [-0.4, -0.2) is 58.7 Å². The SMILES string of the molecule is CCCCCCCC/C=C\CC(O)CN(CCCO)CC(O)C/C=C\CCCCCCCC. The van der Waals surface area contributed by atoms with E-state index < -0.39 is 12.2 Å². The fourth-order valence-electron chi connectivity index (χ4n) is 4.12. The lowest BCUT2D eigenvalue weighted by molar-refractivity contribution is 0.0677. The predicted octanol–water partition coefficient (Wildman–Crippen LogP) is 6.79. The Hall–Kier alpha value is -0.680. The average Bonchev–Trinajstić information content (AvgIpc) is 2.80. The van der Waals surface area contributed by atoms with Gasteiger partial charge in [-0.3, -0.25) is 4.90 Å². The van der Waals surface area contributed by atoms with Gasteiger partial charge in [-0.05, 0) is 44.9 Å². The summed E-state index contributed by atoms with van der Waals surface area (Å²) < 4.78 is 0. The van der Waals surface area contributed by atoms with E-state index in [1.54, 1.807) is 0 Å². The topological polar surface area (TPSA) is 63.9 Å². The highest BCUT2D eigenvalue weighted by Gasteiger charge is 2.14. The van der Waals surface area contributed by atoms with E-state index in [1.807, 2.05) is 0 Å². The second kappa shape index (κ2) is 25.9. The molecule has 0 saturated carbocycles. The van der Waals surface area contributed by atoms with Crippen LogP contribution in [0.25, 0.3) is 0 Å². The summed E-state index contributed by atoms with van der Waals surface area (Å²) in [5.41, 5.74) is 0. The number of allylic oxidation sites excluding steroid dienone is 2. The Morgan fingerprint density at radius 2 is 1.00 bits per heavy atom. The van der Waals surface area contributed by atoms with Gasteiger partial charge in [0.2, 0.25) is 0 Å². The molecule has 0 aromatic rings. The van der Waals surface area contributed by atoms with Gasteiger partial charge in [0.15, 0.2) is 0 Å². The molecule has 0 aliphatic carbocycles. The third-order valence-corrected chi connectivity index (χ3v) is 6.17. The minimum absolute atomic E-state index is 0.138. The summed E-state index contributed by atoms with van der Waals surface area (Å²) in [6, 6.07) is 0. The molecule has 0 radical (unpaired) electrons. The van der Waals surface area contributed by atoms with Crippen molar-refractivity contribution >= 4 is 0 Å². The summed E-state index contributed by atoms with van der Waals surface area (Å²) in [6.07, 6.45) is 27.6. The van der Waals surface area contributed by atoms with E-state index in [4.69, 9.17) is 0 Å². The maximum atomic E-state index is 10.4.